The quantitative estimate of drug-likeness (QED) is 0.640. The Hall–Kier alpha value is -1.70. The molecule has 0 spiro atoms. The Morgan fingerprint density at radius 2 is 2.08 bits per heavy atom. The number of nitro benzene ring substituents is 1. The Balaban J connectivity index is 1.58. The molecule has 1 aromatic carbocycles. The van der Waals surface area contributed by atoms with Crippen LogP contribution in [0.15, 0.2) is 18.2 Å². The van der Waals surface area contributed by atoms with Gasteiger partial charge in [-0.05, 0) is 45.3 Å². The van der Waals surface area contributed by atoms with Crippen molar-refractivity contribution in [3.05, 3.63) is 33.3 Å². The Labute approximate surface area is 152 Å². The van der Waals surface area contributed by atoms with Gasteiger partial charge in [0.1, 0.15) is 0 Å². The number of anilines is 1. The standard InChI is InChI=1S/C17H23ClN4O3/c1-12(21-9-6-14(11-21)20-7-2-3-8-20)17(23)19-16-5-4-13(22(24)25)10-15(16)18/h4-5,10,12,14H,2-3,6-9,11H2,1H3,(H,19,23). The normalized spacial score (nSPS) is 22.9. The fourth-order valence-electron chi connectivity index (χ4n) is 3.65. The van der Waals surface area contributed by atoms with Crippen molar-refractivity contribution in [2.24, 2.45) is 0 Å². The van der Waals surface area contributed by atoms with Gasteiger partial charge in [0.25, 0.3) is 5.69 Å². The van der Waals surface area contributed by atoms with Crippen molar-refractivity contribution < 1.29 is 9.72 Å². The molecule has 1 aromatic rings. The molecule has 2 aliphatic heterocycles. The first-order valence-electron chi connectivity index (χ1n) is 8.68. The summed E-state index contributed by atoms with van der Waals surface area (Å²) in [5.74, 6) is -0.141. The molecule has 0 bridgehead atoms. The van der Waals surface area contributed by atoms with Gasteiger partial charge >= 0.3 is 0 Å². The number of nitrogens with zero attached hydrogens (tertiary/aromatic N) is 3. The minimum absolute atomic E-state index is 0.0935. The number of rotatable bonds is 5. The molecule has 2 unspecified atom stereocenters. The second-order valence-corrected chi connectivity index (χ2v) is 7.17. The lowest BCUT2D eigenvalue weighted by Crippen LogP contribution is -2.43. The first-order chi connectivity index (χ1) is 12.0. The maximum atomic E-state index is 12.5. The molecule has 2 heterocycles. The number of carbonyl (C=O) groups is 1. The lowest BCUT2D eigenvalue weighted by atomic mass is 10.2. The Kier molecular flexibility index (Phi) is 5.56. The van der Waals surface area contributed by atoms with Crippen LogP contribution in [0.4, 0.5) is 11.4 Å². The molecule has 2 atom stereocenters. The van der Waals surface area contributed by atoms with E-state index in [0.717, 1.165) is 32.6 Å². The summed E-state index contributed by atoms with van der Waals surface area (Å²) in [7, 11) is 0. The number of halogens is 1. The monoisotopic (exact) mass is 366 g/mol. The zero-order valence-corrected chi connectivity index (χ0v) is 15.0. The highest BCUT2D eigenvalue weighted by Gasteiger charge is 2.33. The van der Waals surface area contributed by atoms with Crippen molar-refractivity contribution in [2.45, 2.75) is 38.3 Å². The zero-order chi connectivity index (χ0) is 18.0. The lowest BCUT2D eigenvalue weighted by molar-refractivity contribution is -0.384. The molecule has 3 rings (SSSR count). The molecule has 0 aliphatic carbocycles. The van der Waals surface area contributed by atoms with Gasteiger partial charge in [0.2, 0.25) is 5.91 Å². The van der Waals surface area contributed by atoms with Crippen LogP contribution < -0.4 is 5.32 Å². The van der Waals surface area contributed by atoms with Crippen LogP contribution in [-0.4, -0.2) is 58.9 Å². The van der Waals surface area contributed by atoms with Crippen molar-refractivity contribution in [2.75, 3.05) is 31.5 Å². The molecule has 1 N–H and O–H groups in total. The van der Waals surface area contributed by atoms with Gasteiger partial charge in [0.15, 0.2) is 0 Å². The minimum atomic E-state index is -0.511. The van der Waals surface area contributed by atoms with Gasteiger partial charge < -0.3 is 5.32 Å². The van der Waals surface area contributed by atoms with E-state index in [0.29, 0.717) is 11.7 Å². The Morgan fingerprint density at radius 3 is 2.72 bits per heavy atom. The molecule has 7 nitrogen and oxygen atoms in total. The topological polar surface area (TPSA) is 78.7 Å². The Morgan fingerprint density at radius 1 is 1.36 bits per heavy atom. The predicted molar refractivity (Wildman–Crippen MR) is 97.0 cm³/mol. The van der Waals surface area contributed by atoms with Gasteiger partial charge in [0.05, 0.1) is 21.7 Å². The SMILES string of the molecule is CC(C(=O)Nc1ccc([N+](=O)[O-])cc1Cl)N1CCC(N2CCCC2)C1. The minimum Gasteiger partial charge on any atom is -0.323 e. The van der Waals surface area contributed by atoms with Crippen LogP contribution in [0.5, 0.6) is 0 Å². The van der Waals surface area contributed by atoms with E-state index < -0.39 is 4.92 Å². The number of non-ortho nitro benzene ring substituents is 1. The van der Waals surface area contributed by atoms with E-state index in [4.69, 9.17) is 11.6 Å². The number of nitro groups is 1. The molecule has 1 amide bonds. The highest BCUT2D eigenvalue weighted by atomic mass is 35.5. The summed E-state index contributed by atoms with van der Waals surface area (Å²) < 4.78 is 0. The zero-order valence-electron chi connectivity index (χ0n) is 14.3. The molecule has 25 heavy (non-hydrogen) atoms. The van der Waals surface area contributed by atoms with E-state index in [1.165, 1.54) is 31.0 Å². The molecular weight excluding hydrogens is 344 g/mol. The van der Waals surface area contributed by atoms with E-state index in [1.54, 1.807) is 0 Å². The molecule has 2 aliphatic rings. The summed E-state index contributed by atoms with van der Waals surface area (Å²) in [5.41, 5.74) is 0.309. The Bertz CT molecular complexity index is 663. The van der Waals surface area contributed by atoms with Crippen molar-refractivity contribution in [1.29, 1.82) is 0 Å². The molecular formula is C17H23ClN4O3. The van der Waals surface area contributed by atoms with Gasteiger partial charge in [0, 0.05) is 31.3 Å². The molecule has 0 saturated carbocycles. The van der Waals surface area contributed by atoms with Gasteiger partial charge in [-0.1, -0.05) is 11.6 Å². The van der Waals surface area contributed by atoms with Gasteiger partial charge in [-0.25, -0.2) is 0 Å². The lowest BCUT2D eigenvalue weighted by Gasteiger charge is -2.26. The maximum absolute atomic E-state index is 12.5. The van der Waals surface area contributed by atoms with Crippen molar-refractivity contribution in [3.8, 4) is 0 Å². The summed E-state index contributed by atoms with van der Waals surface area (Å²) in [5, 5.41) is 13.7. The molecule has 2 saturated heterocycles. The fourth-order valence-corrected chi connectivity index (χ4v) is 3.87. The second kappa shape index (κ2) is 7.68. The van der Waals surface area contributed by atoms with Crippen molar-refractivity contribution in [1.82, 2.24) is 9.80 Å². The van der Waals surface area contributed by atoms with Crippen LogP contribution in [0.3, 0.4) is 0 Å². The first kappa shape index (κ1) is 18.1. The predicted octanol–water partition coefficient (Wildman–Crippen LogP) is 2.75. The average Bonchev–Trinajstić information content (AvgIpc) is 3.26. The average molecular weight is 367 g/mol. The third-order valence-corrected chi connectivity index (χ3v) is 5.51. The van der Waals surface area contributed by atoms with E-state index in [-0.39, 0.29) is 22.7 Å². The van der Waals surface area contributed by atoms with Gasteiger partial charge in [-0.2, -0.15) is 0 Å². The number of hydrogen-bond donors (Lipinski definition) is 1. The third-order valence-electron chi connectivity index (χ3n) is 5.20. The summed E-state index contributed by atoms with van der Waals surface area (Å²) in [6, 6.07) is 4.34. The first-order valence-corrected chi connectivity index (χ1v) is 9.06. The van der Waals surface area contributed by atoms with Crippen molar-refractivity contribution >= 4 is 28.9 Å². The van der Waals surface area contributed by atoms with Crippen LogP contribution in [0.2, 0.25) is 5.02 Å². The number of carbonyl (C=O) groups excluding carboxylic acids is 1. The van der Waals surface area contributed by atoms with Gasteiger partial charge in [-0.3, -0.25) is 24.7 Å². The number of nitrogens with one attached hydrogen (secondary N) is 1. The van der Waals surface area contributed by atoms with Crippen LogP contribution in [0, 0.1) is 10.1 Å². The molecule has 0 radical (unpaired) electrons. The summed E-state index contributed by atoms with van der Waals surface area (Å²) in [6.07, 6.45) is 3.63. The van der Waals surface area contributed by atoms with Crippen LogP contribution in [0.1, 0.15) is 26.2 Å². The van der Waals surface area contributed by atoms with Crippen LogP contribution in [-0.2, 0) is 4.79 Å². The van der Waals surface area contributed by atoms with E-state index in [2.05, 4.69) is 15.1 Å². The molecule has 2 fully saturated rings. The summed E-state index contributed by atoms with van der Waals surface area (Å²) in [6.45, 7) is 6.03. The maximum Gasteiger partial charge on any atom is 0.271 e. The molecule has 136 valence electrons. The van der Waals surface area contributed by atoms with E-state index >= 15 is 0 Å². The molecule has 0 aromatic heterocycles. The smallest absolute Gasteiger partial charge is 0.271 e. The number of hydrogen-bond acceptors (Lipinski definition) is 5. The largest absolute Gasteiger partial charge is 0.323 e. The van der Waals surface area contributed by atoms with Crippen LogP contribution in [0.25, 0.3) is 0 Å². The van der Waals surface area contributed by atoms with Gasteiger partial charge in [-0.15, -0.1) is 0 Å². The highest BCUT2D eigenvalue weighted by molar-refractivity contribution is 6.34. The van der Waals surface area contributed by atoms with E-state index in [9.17, 15) is 14.9 Å². The van der Waals surface area contributed by atoms with E-state index in [1.807, 2.05) is 6.92 Å². The number of likely N-dealkylation sites (tertiary alicyclic amines) is 2. The van der Waals surface area contributed by atoms with Crippen LogP contribution >= 0.6 is 11.6 Å². The third kappa shape index (κ3) is 4.11. The summed E-state index contributed by atoms with van der Waals surface area (Å²) in [4.78, 5) is 27.5. The van der Waals surface area contributed by atoms with Crippen molar-refractivity contribution in [3.63, 3.8) is 0 Å². The highest BCUT2D eigenvalue weighted by Crippen LogP contribution is 2.27. The number of benzene rings is 1. The summed E-state index contributed by atoms with van der Waals surface area (Å²) >= 11 is 6.05. The number of amides is 1. The second-order valence-electron chi connectivity index (χ2n) is 6.77. The fraction of sp³-hybridized carbons (Fsp3) is 0.588. The molecule has 8 heteroatoms.